The van der Waals surface area contributed by atoms with E-state index in [0.29, 0.717) is 11.3 Å². The summed E-state index contributed by atoms with van der Waals surface area (Å²) in [5, 5.41) is 5.57. The highest BCUT2D eigenvalue weighted by Crippen LogP contribution is 2.39. The zero-order valence-electron chi connectivity index (χ0n) is 16.2. The Morgan fingerprint density at radius 3 is 2.67 bits per heavy atom. The maximum Gasteiger partial charge on any atom is 0.251 e. The number of rotatable bonds is 6. The lowest BCUT2D eigenvalue weighted by atomic mass is 10.0. The molecule has 4 rings (SSSR count). The van der Waals surface area contributed by atoms with Gasteiger partial charge in [0.2, 0.25) is 5.91 Å². The van der Waals surface area contributed by atoms with Crippen LogP contribution in [0.15, 0.2) is 71.7 Å². The van der Waals surface area contributed by atoms with Crippen LogP contribution in [0.1, 0.15) is 21.5 Å². The van der Waals surface area contributed by atoms with Crippen LogP contribution in [-0.4, -0.2) is 24.7 Å². The third-order valence-corrected chi connectivity index (χ3v) is 4.93. The molecule has 0 fully saturated rings. The number of aliphatic imine (C=N–C) groups is 1. The van der Waals surface area contributed by atoms with Gasteiger partial charge in [-0.05, 0) is 46.5 Å². The van der Waals surface area contributed by atoms with E-state index in [0.717, 1.165) is 23.2 Å². The van der Waals surface area contributed by atoms with Gasteiger partial charge in [-0.2, -0.15) is 0 Å². The smallest absolute Gasteiger partial charge is 0.251 e. The van der Waals surface area contributed by atoms with Crippen molar-refractivity contribution in [2.24, 2.45) is 10.8 Å². The fourth-order valence-corrected chi connectivity index (χ4v) is 3.57. The van der Waals surface area contributed by atoms with Crippen LogP contribution in [0.2, 0.25) is 0 Å². The molecule has 2 amide bonds. The van der Waals surface area contributed by atoms with E-state index < -0.39 is 0 Å². The lowest BCUT2D eigenvalue weighted by molar-refractivity contribution is -0.115. The number of amides is 2. The summed E-state index contributed by atoms with van der Waals surface area (Å²) < 4.78 is 0. The molecule has 0 heterocycles. The predicted octanol–water partition coefficient (Wildman–Crippen LogP) is 2.75. The van der Waals surface area contributed by atoms with Crippen molar-refractivity contribution in [2.45, 2.75) is 6.42 Å². The number of carbonyl (C=O) groups is 2. The molecule has 1 aliphatic carbocycles. The number of nitrogens with two attached hydrogens (primary N) is 1. The summed E-state index contributed by atoms with van der Waals surface area (Å²) >= 11 is 0. The molecule has 0 unspecified atom stereocenters. The van der Waals surface area contributed by atoms with Gasteiger partial charge in [0.15, 0.2) is 0 Å². The topological polar surface area (TPSA) is 109 Å². The highest BCUT2D eigenvalue weighted by molar-refractivity contribution is 6.00. The standard InChI is InChI=1S/C23H21N5O2/c24-27-14-26-17-7-3-6-16(11-17)23(30)25-13-22(29)28-21-10-4-9-19-18-8-2-1-5-15(18)12-20(19)21/h1-11,14H,12-13,24H2,(H,25,30)(H,26,27)(H,28,29). The minimum atomic E-state index is -0.353. The molecule has 150 valence electrons. The minimum Gasteiger partial charge on any atom is -0.343 e. The van der Waals surface area contributed by atoms with Crippen molar-refractivity contribution in [3.8, 4) is 11.1 Å². The molecule has 7 nitrogen and oxygen atoms in total. The van der Waals surface area contributed by atoms with Crippen molar-refractivity contribution in [1.82, 2.24) is 10.7 Å². The first kappa shape index (κ1) is 19.4. The average Bonchev–Trinajstić information content (AvgIpc) is 3.16. The van der Waals surface area contributed by atoms with Crippen LogP contribution in [0.3, 0.4) is 0 Å². The molecule has 0 atom stereocenters. The molecule has 0 saturated heterocycles. The molecule has 0 aliphatic heterocycles. The Bertz CT molecular complexity index is 1140. The van der Waals surface area contributed by atoms with Gasteiger partial charge in [0, 0.05) is 17.7 Å². The highest BCUT2D eigenvalue weighted by Gasteiger charge is 2.21. The molecule has 5 N–H and O–H groups in total. The first-order chi connectivity index (χ1) is 14.7. The molecule has 7 heteroatoms. The molecule has 0 bridgehead atoms. The normalized spacial score (nSPS) is 11.6. The number of hydrazine groups is 1. The summed E-state index contributed by atoms with van der Waals surface area (Å²) in [7, 11) is 0. The van der Waals surface area contributed by atoms with Crippen molar-refractivity contribution < 1.29 is 9.59 Å². The maximum atomic E-state index is 12.5. The Labute approximate surface area is 174 Å². The average molecular weight is 399 g/mol. The van der Waals surface area contributed by atoms with E-state index in [1.54, 1.807) is 24.3 Å². The lowest BCUT2D eigenvalue weighted by Crippen LogP contribution is -2.33. The number of anilines is 1. The third-order valence-electron chi connectivity index (χ3n) is 4.93. The molecule has 1 aliphatic rings. The first-order valence-electron chi connectivity index (χ1n) is 9.52. The SMILES string of the molecule is NNC=Nc1cccc(C(=O)NCC(=O)Nc2cccc3c2Cc2ccccc2-3)c1. The van der Waals surface area contributed by atoms with Crippen molar-refractivity contribution in [3.05, 3.63) is 83.4 Å². The van der Waals surface area contributed by atoms with E-state index in [9.17, 15) is 9.59 Å². The van der Waals surface area contributed by atoms with E-state index in [1.807, 2.05) is 24.3 Å². The van der Waals surface area contributed by atoms with Gasteiger partial charge < -0.3 is 16.1 Å². The van der Waals surface area contributed by atoms with Crippen LogP contribution in [-0.2, 0) is 11.2 Å². The van der Waals surface area contributed by atoms with E-state index >= 15 is 0 Å². The van der Waals surface area contributed by atoms with Gasteiger partial charge >= 0.3 is 0 Å². The zero-order valence-corrected chi connectivity index (χ0v) is 16.2. The van der Waals surface area contributed by atoms with Crippen molar-refractivity contribution >= 4 is 29.5 Å². The van der Waals surface area contributed by atoms with E-state index in [4.69, 9.17) is 5.84 Å². The van der Waals surface area contributed by atoms with Gasteiger partial charge in [0.1, 0.15) is 6.34 Å². The van der Waals surface area contributed by atoms with Crippen LogP contribution in [0.5, 0.6) is 0 Å². The second-order valence-corrected chi connectivity index (χ2v) is 6.87. The maximum absolute atomic E-state index is 12.5. The molecule has 0 spiro atoms. The van der Waals surface area contributed by atoms with Crippen molar-refractivity contribution in [1.29, 1.82) is 0 Å². The summed E-state index contributed by atoms with van der Waals surface area (Å²) in [6, 6.07) is 20.8. The summed E-state index contributed by atoms with van der Waals surface area (Å²) in [6.07, 6.45) is 2.10. The summed E-state index contributed by atoms with van der Waals surface area (Å²) in [4.78, 5) is 28.9. The minimum absolute atomic E-state index is 0.132. The largest absolute Gasteiger partial charge is 0.343 e. The molecule has 0 aromatic heterocycles. The van der Waals surface area contributed by atoms with Crippen LogP contribution in [0.25, 0.3) is 11.1 Å². The van der Waals surface area contributed by atoms with E-state index in [2.05, 4.69) is 39.3 Å². The van der Waals surface area contributed by atoms with Crippen LogP contribution < -0.4 is 21.9 Å². The number of hydrogen-bond donors (Lipinski definition) is 4. The lowest BCUT2D eigenvalue weighted by Gasteiger charge is -2.11. The number of fused-ring (bicyclic) bond motifs is 3. The molecule has 0 saturated carbocycles. The molecular weight excluding hydrogens is 378 g/mol. The Morgan fingerprint density at radius 2 is 1.80 bits per heavy atom. The number of nitrogens with zero attached hydrogens (tertiary/aromatic N) is 1. The van der Waals surface area contributed by atoms with Crippen LogP contribution in [0.4, 0.5) is 11.4 Å². The summed E-state index contributed by atoms with van der Waals surface area (Å²) in [6.45, 7) is -0.132. The summed E-state index contributed by atoms with van der Waals surface area (Å²) in [5.41, 5.74) is 8.73. The van der Waals surface area contributed by atoms with Gasteiger partial charge in [-0.25, -0.2) is 10.8 Å². The molecule has 30 heavy (non-hydrogen) atoms. The molecular formula is C23H21N5O2. The molecule has 3 aromatic rings. The molecule has 3 aromatic carbocycles. The van der Waals surface area contributed by atoms with Crippen molar-refractivity contribution in [2.75, 3.05) is 11.9 Å². The Hall–Kier alpha value is -3.97. The van der Waals surface area contributed by atoms with Gasteiger partial charge in [0.25, 0.3) is 5.91 Å². The highest BCUT2D eigenvalue weighted by atomic mass is 16.2. The Morgan fingerprint density at radius 1 is 1.00 bits per heavy atom. The summed E-state index contributed by atoms with van der Waals surface area (Å²) in [5.74, 6) is 4.52. The molecule has 0 radical (unpaired) electrons. The zero-order chi connectivity index (χ0) is 20.9. The Kier molecular flexibility index (Phi) is 5.54. The third kappa shape index (κ3) is 4.06. The van der Waals surface area contributed by atoms with Gasteiger partial charge in [0.05, 0.1) is 12.2 Å². The van der Waals surface area contributed by atoms with Gasteiger partial charge in [-0.1, -0.05) is 42.5 Å². The van der Waals surface area contributed by atoms with E-state index in [-0.39, 0.29) is 18.4 Å². The van der Waals surface area contributed by atoms with Gasteiger partial charge in [-0.3, -0.25) is 9.59 Å². The van der Waals surface area contributed by atoms with Gasteiger partial charge in [-0.15, -0.1) is 0 Å². The number of benzene rings is 3. The second-order valence-electron chi connectivity index (χ2n) is 6.87. The first-order valence-corrected chi connectivity index (χ1v) is 9.52. The fourth-order valence-electron chi connectivity index (χ4n) is 3.57. The monoisotopic (exact) mass is 399 g/mol. The van der Waals surface area contributed by atoms with E-state index in [1.165, 1.54) is 17.5 Å². The van der Waals surface area contributed by atoms with Crippen molar-refractivity contribution in [3.63, 3.8) is 0 Å². The second kappa shape index (κ2) is 8.59. The van der Waals surface area contributed by atoms with Crippen LogP contribution in [0, 0.1) is 0 Å². The number of hydrogen-bond acceptors (Lipinski definition) is 4. The Balaban J connectivity index is 1.40. The van der Waals surface area contributed by atoms with Crippen LogP contribution >= 0.6 is 0 Å². The number of nitrogens with one attached hydrogen (secondary N) is 3. The predicted molar refractivity (Wildman–Crippen MR) is 118 cm³/mol. The fraction of sp³-hybridized carbons (Fsp3) is 0.0870. The number of carbonyl (C=O) groups excluding carboxylic acids is 2. The quantitative estimate of drug-likeness (QED) is 0.173.